The molecule has 0 atom stereocenters. The molecule has 0 aromatic carbocycles. The summed E-state index contributed by atoms with van der Waals surface area (Å²) < 4.78 is 4.67. The summed E-state index contributed by atoms with van der Waals surface area (Å²) in [7, 11) is 0. The lowest BCUT2D eigenvalue weighted by atomic mass is 10.4. The summed E-state index contributed by atoms with van der Waals surface area (Å²) >= 11 is 0. The molecule has 0 amide bonds. The lowest BCUT2D eigenvalue weighted by molar-refractivity contribution is -0.134. The molecule has 56 valence electrons. The number of carbonyl (C=O) groups excluding carboxylic acids is 1. The van der Waals surface area contributed by atoms with Crippen LogP contribution in [-0.2, 0) is 9.53 Å². The van der Waals surface area contributed by atoms with Gasteiger partial charge in [-0.25, -0.2) is 4.79 Å². The molecule has 1 heterocycles. The lowest BCUT2D eigenvalue weighted by Crippen LogP contribution is -2.14. The number of hydrogen-bond donors (Lipinski definition) is 1. The van der Waals surface area contributed by atoms with Gasteiger partial charge < -0.3 is 10.1 Å². The summed E-state index contributed by atoms with van der Waals surface area (Å²) in [6.07, 6.45) is 2.56. The van der Waals surface area contributed by atoms with Crippen molar-refractivity contribution in [3.63, 3.8) is 0 Å². The van der Waals surface area contributed by atoms with Gasteiger partial charge in [0.2, 0.25) is 0 Å². The van der Waals surface area contributed by atoms with Gasteiger partial charge in [-0.2, -0.15) is 0 Å². The largest absolute Gasteiger partial charge is 0.456 e. The van der Waals surface area contributed by atoms with Crippen molar-refractivity contribution in [3.05, 3.63) is 11.8 Å². The van der Waals surface area contributed by atoms with Gasteiger partial charge in [0, 0.05) is 12.6 Å². The zero-order valence-corrected chi connectivity index (χ0v) is 6.02. The van der Waals surface area contributed by atoms with E-state index >= 15 is 0 Å². The number of cyclic esters (lactones) is 1. The number of rotatable bonds is 3. The molecule has 1 N–H and O–H groups in total. The monoisotopic (exact) mass is 141 g/mol. The third-order valence-electron chi connectivity index (χ3n) is 1.26. The second-order valence-electron chi connectivity index (χ2n) is 2.20. The van der Waals surface area contributed by atoms with Crippen LogP contribution in [0.5, 0.6) is 0 Å². The van der Waals surface area contributed by atoms with E-state index in [0.29, 0.717) is 6.61 Å². The van der Waals surface area contributed by atoms with Crippen molar-refractivity contribution in [2.45, 2.75) is 13.3 Å². The fourth-order valence-electron chi connectivity index (χ4n) is 0.762. The number of carbonyl (C=O) groups is 1. The van der Waals surface area contributed by atoms with Crippen LogP contribution < -0.4 is 5.32 Å². The molecule has 0 unspecified atom stereocenters. The summed E-state index contributed by atoms with van der Waals surface area (Å²) in [4.78, 5) is 10.5. The SMILES string of the molecule is CCCNC1=CC(=O)OC1. The number of esters is 1. The van der Waals surface area contributed by atoms with E-state index in [1.807, 2.05) is 0 Å². The predicted molar refractivity (Wildman–Crippen MR) is 37.3 cm³/mol. The van der Waals surface area contributed by atoms with Gasteiger partial charge in [-0.15, -0.1) is 0 Å². The minimum atomic E-state index is -0.237. The molecule has 1 rings (SSSR count). The van der Waals surface area contributed by atoms with E-state index < -0.39 is 0 Å². The van der Waals surface area contributed by atoms with Crippen LogP contribution >= 0.6 is 0 Å². The van der Waals surface area contributed by atoms with Crippen LogP contribution in [0, 0.1) is 0 Å². The van der Waals surface area contributed by atoms with E-state index in [1.165, 1.54) is 6.08 Å². The van der Waals surface area contributed by atoms with E-state index in [1.54, 1.807) is 0 Å². The second-order valence-corrected chi connectivity index (χ2v) is 2.20. The van der Waals surface area contributed by atoms with Crippen molar-refractivity contribution in [3.8, 4) is 0 Å². The average molecular weight is 141 g/mol. The van der Waals surface area contributed by atoms with Crippen LogP contribution in [0.2, 0.25) is 0 Å². The lowest BCUT2D eigenvalue weighted by Gasteiger charge is -2.01. The Balaban J connectivity index is 2.28. The first-order chi connectivity index (χ1) is 4.83. The first-order valence-corrected chi connectivity index (χ1v) is 3.44. The van der Waals surface area contributed by atoms with Crippen LogP contribution in [0.1, 0.15) is 13.3 Å². The molecule has 0 aliphatic carbocycles. The molecule has 0 radical (unpaired) electrons. The van der Waals surface area contributed by atoms with Gasteiger partial charge in [0.05, 0.1) is 5.70 Å². The van der Waals surface area contributed by atoms with Crippen molar-refractivity contribution in [2.75, 3.05) is 13.2 Å². The minimum Gasteiger partial charge on any atom is -0.456 e. The maximum atomic E-state index is 10.5. The van der Waals surface area contributed by atoms with Gasteiger partial charge in [0.1, 0.15) is 6.61 Å². The molecule has 0 spiro atoms. The molecule has 0 bridgehead atoms. The molecule has 0 aromatic rings. The Morgan fingerprint density at radius 3 is 3.10 bits per heavy atom. The minimum absolute atomic E-state index is 0.237. The van der Waals surface area contributed by atoms with Crippen molar-refractivity contribution in [1.29, 1.82) is 0 Å². The molecule has 0 aromatic heterocycles. The summed E-state index contributed by atoms with van der Waals surface area (Å²) in [6, 6.07) is 0. The first-order valence-electron chi connectivity index (χ1n) is 3.44. The molecular weight excluding hydrogens is 130 g/mol. The van der Waals surface area contributed by atoms with Gasteiger partial charge in [-0.3, -0.25) is 0 Å². The average Bonchev–Trinajstić information content (AvgIpc) is 2.31. The smallest absolute Gasteiger partial charge is 0.333 e. The molecule has 10 heavy (non-hydrogen) atoms. The van der Waals surface area contributed by atoms with E-state index in [4.69, 9.17) is 0 Å². The van der Waals surface area contributed by atoms with Gasteiger partial charge in [0.25, 0.3) is 0 Å². The Bertz CT molecular complexity index is 163. The Kier molecular flexibility index (Phi) is 2.31. The summed E-state index contributed by atoms with van der Waals surface area (Å²) in [5.74, 6) is -0.237. The quantitative estimate of drug-likeness (QED) is 0.579. The van der Waals surface area contributed by atoms with Gasteiger partial charge in [-0.1, -0.05) is 6.92 Å². The Morgan fingerprint density at radius 1 is 1.80 bits per heavy atom. The van der Waals surface area contributed by atoms with Crippen LogP contribution in [-0.4, -0.2) is 19.1 Å². The molecule has 3 nitrogen and oxygen atoms in total. The third-order valence-corrected chi connectivity index (χ3v) is 1.26. The topological polar surface area (TPSA) is 38.3 Å². The van der Waals surface area contributed by atoms with E-state index in [0.717, 1.165) is 18.7 Å². The highest BCUT2D eigenvalue weighted by atomic mass is 16.5. The predicted octanol–water partition coefficient (Wildman–Crippen LogP) is 0.427. The highest BCUT2D eigenvalue weighted by molar-refractivity contribution is 5.85. The zero-order chi connectivity index (χ0) is 7.40. The van der Waals surface area contributed by atoms with Crippen LogP contribution in [0.15, 0.2) is 11.8 Å². The van der Waals surface area contributed by atoms with Crippen LogP contribution in [0.3, 0.4) is 0 Å². The van der Waals surface area contributed by atoms with E-state index in [-0.39, 0.29) is 5.97 Å². The third kappa shape index (κ3) is 1.76. The number of ether oxygens (including phenoxy) is 1. The van der Waals surface area contributed by atoms with Crippen LogP contribution in [0.25, 0.3) is 0 Å². The molecule has 0 saturated heterocycles. The number of hydrogen-bond acceptors (Lipinski definition) is 3. The van der Waals surface area contributed by atoms with Crippen molar-refractivity contribution in [1.82, 2.24) is 5.32 Å². The molecule has 3 heteroatoms. The van der Waals surface area contributed by atoms with Crippen molar-refractivity contribution >= 4 is 5.97 Å². The number of nitrogens with one attached hydrogen (secondary N) is 1. The standard InChI is InChI=1S/C7H11NO2/c1-2-3-8-6-4-7(9)10-5-6/h4,8H,2-3,5H2,1H3. The highest BCUT2D eigenvalue weighted by Gasteiger charge is 2.10. The van der Waals surface area contributed by atoms with Crippen LogP contribution in [0.4, 0.5) is 0 Å². The Hall–Kier alpha value is -0.990. The van der Waals surface area contributed by atoms with Gasteiger partial charge >= 0.3 is 5.97 Å². The van der Waals surface area contributed by atoms with Crippen molar-refractivity contribution < 1.29 is 9.53 Å². The maximum Gasteiger partial charge on any atom is 0.333 e. The molecule has 1 aliphatic rings. The fourth-order valence-corrected chi connectivity index (χ4v) is 0.762. The second kappa shape index (κ2) is 3.25. The van der Waals surface area contributed by atoms with E-state index in [9.17, 15) is 4.79 Å². The molecular formula is C7H11NO2. The molecule has 0 saturated carbocycles. The zero-order valence-electron chi connectivity index (χ0n) is 6.02. The first kappa shape index (κ1) is 7.12. The highest BCUT2D eigenvalue weighted by Crippen LogP contribution is 2.01. The Labute approximate surface area is 60.1 Å². The normalized spacial score (nSPS) is 16.5. The van der Waals surface area contributed by atoms with Crippen molar-refractivity contribution in [2.24, 2.45) is 0 Å². The van der Waals surface area contributed by atoms with E-state index in [2.05, 4.69) is 17.0 Å². The Morgan fingerprint density at radius 2 is 2.60 bits per heavy atom. The molecule has 0 fully saturated rings. The summed E-state index contributed by atoms with van der Waals surface area (Å²) in [6.45, 7) is 3.40. The maximum absolute atomic E-state index is 10.5. The van der Waals surface area contributed by atoms with Gasteiger partial charge in [-0.05, 0) is 6.42 Å². The van der Waals surface area contributed by atoms with Gasteiger partial charge in [0.15, 0.2) is 0 Å². The summed E-state index contributed by atoms with van der Waals surface area (Å²) in [5.41, 5.74) is 0.895. The molecule has 1 aliphatic heterocycles. The fraction of sp³-hybridized carbons (Fsp3) is 0.571. The summed E-state index contributed by atoms with van der Waals surface area (Å²) in [5, 5.41) is 3.08.